The smallest absolute Gasteiger partial charge is 0.338 e. The molecule has 2 fully saturated rings. The Kier molecular flexibility index (Phi) is 6.35. The van der Waals surface area contributed by atoms with Gasteiger partial charge in [-0.05, 0) is 76.6 Å². The van der Waals surface area contributed by atoms with Crippen molar-refractivity contribution in [2.75, 3.05) is 19.7 Å². The summed E-state index contributed by atoms with van der Waals surface area (Å²) >= 11 is 0. The van der Waals surface area contributed by atoms with Gasteiger partial charge in [0.05, 0.1) is 37.4 Å². The molecule has 4 nitrogen and oxygen atoms in total. The van der Waals surface area contributed by atoms with Crippen molar-refractivity contribution >= 4 is 5.97 Å². The van der Waals surface area contributed by atoms with Gasteiger partial charge >= 0.3 is 5.97 Å². The topological polar surface area (TPSA) is 40.0 Å². The Morgan fingerprint density at radius 2 is 1.88 bits per heavy atom. The fourth-order valence-electron chi connectivity index (χ4n) is 4.45. The normalized spacial score (nSPS) is 26.1. The Morgan fingerprint density at radius 3 is 2.64 bits per heavy atom. The second-order valence-electron chi connectivity index (χ2n) is 7.78. The molecule has 2 aliphatic heterocycles. The number of fused-ring (bicyclic) bond motifs is 1. The zero-order valence-corrected chi connectivity index (χ0v) is 15.6. The van der Waals surface area contributed by atoms with Gasteiger partial charge in [0.1, 0.15) is 5.75 Å². The van der Waals surface area contributed by atoms with Crippen molar-refractivity contribution < 1.29 is 19.2 Å². The number of rotatable bonds is 6. The molecule has 0 amide bonds. The van der Waals surface area contributed by atoms with E-state index in [0.29, 0.717) is 12.2 Å². The number of quaternary nitrogens is 1. The van der Waals surface area contributed by atoms with Crippen LogP contribution in [0.4, 0.5) is 0 Å². The number of piperidine rings is 2. The first kappa shape index (κ1) is 18.2. The molecule has 4 heteroatoms. The zero-order valence-electron chi connectivity index (χ0n) is 15.6. The molecular weight excluding hydrogens is 314 g/mol. The Morgan fingerprint density at radius 1 is 1.12 bits per heavy atom. The van der Waals surface area contributed by atoms with Gasteiger partial charge in [-0.25, -0.2) is 4.79 Å². The molecule has 0 aromatic heterocycles. The third kappa shape index (κ3) is 4.97. The SMILES string of the molecule is CC(C)Oc1ccc(C(=O)OCC[C@H]2CCC[NH+]3CCCC[C@@H]23)cc1. The minimum Gasteiger partial charge on any atom is -0.491 e. The Bertz CT molecular complexity index is 553. The number of carbonyl (C=O) groups excluding carboxylic acids is 1. The second-order valence-corrected chi connectivity index (χ2v) is 7.78. The Balaban J connectivity index is 1.45. The van der Waals surface area contributed by atoms with Crippen LogP contribution in [0.5, 0.6) is 5.75 Å². The molecule has 2 aliphatic rings. The summed E-state index contributed by atoms with van der Waals surface area (Å²) in [5, 5.41) is 0. The summed E-state index contributed by atoms with van der Waals surface area (Å²) in [4.78, 5) is 14.0. The molecule has 0 bridgehead atoms. The molecule has 2 saturated heterocycles. The summed E-state index contributed by atoms with van der Waals surface area (Å²) in [7, 11) is 0. The van der Waals surface area contributed by atoms with Crippen LogP contribution in [0.2, 0.25) is 0 Å². The van der Waals surface area contributed by atoms with Gasteiger partial charge in [0.15, 0.2) is 0 Å². The van der Waals surface area contributed by atoms with Crippen LogP contribution in [0.1, 0.15) is 62.7 Å². The molecule has 138 valence electrons. The summed E-state index contributed by atoms with van der Waals surface area (Å²) in [5.74, 6) is 1.28. The maximum absolute atomic E-state index is 12.2. The van der Waals surface area contributed by atoms with Crippen LogP contribution < -0.4 is 9.64 Å². The minimum atomic E-state index is -0.222. The average molecular weight is 346 g/mol. The highest BCUT2D eigenvalue weighted by Crippen LogP contribution is 2.23. The van der Waals surface area contributed by atoms with Crippen molar-refractivity contribution in [3.63, 3.8) is 0 Å². The monoisotopic (exact) mass is 346 g/mol. The summed E-state index contributed by atoms with van der Waals surface area (Å²) < 4.78 is 11.1. The maximum Gasteiger partial charge on any atom is 0.338 e. The number of hydrogen-bond acceptors (Lipinski definition) is 3. The molecule has 3 rings (SSSR count). The number of hydrogen-bond donors (Lipinski definition) is 1. The number of ether oxygens (including phenoxy) is 2. The fraction of sp³-hybridized carbons (Fsp3) is 0.667. The lowest BCUT2D eigenvalue weighted by Gasteiger charge is -2.41. The minimum absolute atomic E-state index is 0.134. The van der Waals surface area contributed by atoms with Gasteiger partial charge in [0.25, 0.3) is 0 Å². The number of esters is 1. The number of carbonyl (C=O) groups is 1. The third-order valence-electron chi connectivity index (χ3n) is 5.61. The second kappa shape index (κ2) is 8.70. The Labute approximate surface area is 151 Å². The van der Waals surface area contributed by atoms with E-state index >= 15 is 0 Å². The lowest BCUT2D eigenvalue weighted by molar-refractivity contribution is -0.940. The third-order valence-corrected chi connectivity index (χ3v) is 5.61. The van der Waals surface area contributed by atoms with Gasteiger partial charge in [0.2, 0.25) is 0 Å². The van der Waals surface area contributed by atoms with Gasteiger partial charge in [-0.15, -0.1) is 0 Å². The molecule has 0 aliphatic carbocycles. The lowest BCUT2D eigenvalue weighted by Crippen LogP contribution is -3.18. The quantitative estimate of drug-likeness (QED) is 0.805. The van der Waals surface area contributed by atoms with E-state index < -0.39 is 0 Å². The first-order chi connectivity index (χ1) is 12.1. The molecule has 25 heavy (non-hydrogen) atoms. The summed E-state index contributed by atoms with van der Waals surface area (Å²) in [6.45, 7) is 7.19. The van der Waals surface area contributed by atoms with Crippen molar-refractivity contribution in [1.82, 2.24) is 0 Å². The van der Waals surface area contributed by atoms with E-state index in [1.165, 1.54) is 45.2 Å². The number of nitrogens with one attached hydrogen (secondary N) is 1. The molecule has 2 heterocycles. The molecule has 1 unspecified atom stereocenters. The van der Waals surface area contributed by atoms with Gasteiger partial charge in [-0.3, -0.25) is 0 Å². The van der Waals surface area contributed by atoms with E-state index in [0.717, 1.165) is 24.1 Å². The molecule has 0 spiro atoms. The molecule has 0 radical (unpaired) electrons. The van der Waals surface area contributed by atoms with E-state index in [9.17, 15) is 4.79 Å². The van der Waals surface area contributed by atoms with E-state index in [2.05, 4.69) is 0 Å². The highest BCUT2D eigenvalue weighted by molar-refractivity contribution is 5.89. The first-order valence-electron chi connectivity index (χ1n) is 9.92. The van der Waals surface area contributed by atoms with Crippen molar-refractivity contribution in [3.05, 3.63) is 29.8 Å². The average Bonchev–Trinajstić information content (AvgIpc) is 2.62. The zero-order chi connectivity index (χ0) is 17.6. The van der Waals surface area contributed by atoms with Crippen LogP contribution in [0, 0.1) is 5.92 Å². The lowest BCUT2D eigenvalue weighted by atomic mass is 9.82. The van der Waals surface area contributed by atoms with Crippen LogP contribution in [-0.4, -0.2) is 37.8 Å². The number of benzene rings is 1. The van der Waals surface area contributed by atoms with Crippen LogP contribution in [-0.2, 0) is 4.74 Å². The van der Waals surface area contributed by atoms with Gasteiger partial charge < -0.3 is 14.4 Å². The van der Waals surface area contributed by atoms with E-state index in [1.807, 2.05) is 26.0 Å². The maximum atomic E-state index is 12.2. The predicted molar refractivity (Wildman–Crippen MR) is 98.2 cm³/mol. The van der Waals surface area contributed by atoms with Crippen molar-refractivity contribution in [2.45, 2.75) is 64.5 Å². The fourth-order valence-corrected chi connectivity index (χ4v) is 4.45. The molecule has 1 N–H and O–H groups in total. The van der Waals surface area contributed by atoms with Crippen LogP contribution in [0.25, 0.3) is 0 Å². The largest absolute Gasteiger partial charge is 0.491 e. The Hall–Kier alpha value is -1.55. The van der Waals surface area contributed by atoms with Gasteiger partial charge in [-0.2, -0.15) is 0 Å². The van der Waals surface area contributed by atoms with Gasteiger partial charge in [-0.1, -0.05) is 0 Å². The molecule has 3 atom stereocenters. The van der Waals surface area contributed by atoms with E-state index in [-0.39, 0.29) is 12.1 Å². The highest BCUT2D eigenvalue weighted by atomic mass is 16.5. The predicted octanol–water partition coefficient (Wildman–Crippen LogP) is 2.87. The summed E-state index contributed by atoms with van der Waals surface area (Å²) in [6, 6.07) is 8.04. The van der Waals surface area contributed by atoms with Crippen molar-refractivity contribution in [2.24, 2.45) is 5.92 Å². The van der Waals surface area contributed by atoms with Crippen molar-refractivity contribution in [3.8, 4) is 5.75 Å². The first-order valence-corrected chi connectivity index (χ1v) is 9.92. The summed E-state index contributed by atoms with van der Waals surface area (Å²) in [5.41, 5.74) is 0.602. The van der Waals surface area contributed by atoms with Crippen LogP contribution in [0.3, 0.4) is 0 Å². The molecule has 1 aromatic rings. The molecule has 1 aromatic carbocycles. The highest BCUT2D eigenvalue weighted by Gasteiger charge is 2.36. The van der Waals surface area contributed by atoms with Crippen molar-refractivity contribution in [1.29, 1.82) is 0 Å². The van der Waals surface area contributed by atoms with Crippen LogP contribution in [0.15, 0.2) is 24.3 Å². The molecular formula is C21H32NO3+. The summed E-state index contributed by atoms with van der Waals surface area (Å²) in [6.07, 6.45) is 7.86. The van der Waals surface area contributed by atoms with Gasteiger partial charge in [0, 0.05) is 5.92 Å². The van der Waals surface area contributed by atoms with Crippen LogP contribution >= 0.6 is 0 Å². The standard InChI is InChI=1S/C21H31NO3/c1-16(2)25-19-10-8-18(9-11-19)21(23)24-15-12-17-6-5-14-22-13-4-3-7-20(17)22/h8-11,16-17,20H,3-7,12-15H2,1-2H3/p+1/t17-,20+/m1/s1. The molecule has 0 saturated carbocycles. The van der Waals surface area contributed by atoms with E-state index in [4.69, 9.17) is 9.47 Å². The van der Waals surface area contributed by atoms with E-state index in [1.54, 1.807) is 17.0 Å².